The molecule has 3 aliphatic rings. The number of nitrogens with zero attached hydrogens (tertiary/aromatic N) is 8. The first-order chi connectivity index (χ1) is 20.1. The molecule has 6 heterocycles. The monoisotopic (exact) mass is 554 g/mol. The van der Waals surface area contributed by atoms with E-state index in [2.05, 4.69) is 29.9 Å². The Balaban J connectivity index is 1.22. The molecule has 5 aromatic rings. The van der Waals surface area contributed by atoms with Crippen LogP contribution in [0, 0.1) is 11.6 Å². The molecule has 41 heavy (non-hydrogen) atoms. The van der Waals surface area contributed by atoms with Gasteiger partial charge in [0.15, 0.2) is 5.82 Å². The van der Waals surface area contributed by atoms with Crippen LogP contribution in [0.1, 0.15) is 31.7 Å². The van der Waals surface area contributed by atoms with Crippen molar-refractivity contribution in [2.75, 3.05) is 37.7 Å². The maximum Gasteiger partial charge on any atom is 0.319 e. The molecule has 0 amide bonds. The number of anilines is 1. The number of halogens is 2. The lowest BCUT2D eigenvalue weighted by Gasteiger charge is -2.40. The Hall–Kier alpha value is -4.25. The quantitative estimate of drug-likeness (QED) is 0.297. The third kappa shape index (κ3) is 3.93. The van der Waals surface area contributed by atoms with Crippen LogP contribution in [0.25, 0.3) is 32.9 Å². The number of hydrogen-bond acceptors (Lipinski definition) is 8. The lowest BCUT2D eigenvalue weighted by Crippen LogP contribution is -2.48. The number of benzene rings is 2. The summed E-state index contributed by atoms with van der Waals surface area (Å²) in [6.45, 7) is 3.88. The van der Waals surface area contributed by atoms with Gasteiger partial charge in [0.05, 0.1) is 17.0 Å². The van der Waals surface area contributed by atoms with Gasteiger partial charge < -0.3 is 9.64 Å². The molecule has 0 saturated carbocycles. The summed E-state index contributed by atoms with van der Waals surface area (Å²) >= 11 is 0. The summed E-state index contributed by atoms with van der Waals surface area (Å²) in [5.41, 5.74) is 0.531. The van der Waals surface area contributed by atoms with Crippen LogP contribution in [0.15, 0.2) is 55.2 Å². The van der Waals surface area contributed by atoms with Gasteiger partial charge in [-0.15, -0.1) is 0 Å². The minimum atomic E-state index is -0.623. The molecule has 3 aromatic heterocycles. The Labute approximate surface area is 234 Å². The largest absolute Gasteiger partial charge is 0.461 e. The van der Waals surface area contributed by atoms with Crippen molar-refractivity contribution in [2.24, 2.45) is 0 Å². The molecule has 9 nitrogen and oxygen atoms in total. The maximum absolute atomic E-state index is 16.4. The molecule has 208 valence electrons. The Morgan fingerprint density at radius 1 is 1.00 bits per heavy atom. The van der Waals surface area contributed by atoms with E-state index in [0.717, 1.165) is 38.8 Å². The normalized spacial score (nSPS) is 18.7. The highest BCUT2D eigenvalue weighted by atomic mass is 19.1. The summed E-state index contributed by atoms with van der Waals surface area (Å²) < 4.78 is 39.5. The smallest absolute Gasteiger partial charge is 0.319 e. The van der Waals surface area contributed by atoms with E-state index in [0.29, 0.717) is 47.2 Å². The maximum atomic E-state index is 16.4. The Morgan fingerprint density at radius 3 is 2.59 bits per heavy atom. The van der Waals surface area contributed by atoms with E-state index in [1.165, 1.54) is 12.4 Å². The van der Waals surface area contributed by atoms with Crippen molar-refractivity contribution in [2.45, 2.75) is 37.3 Å². The summed E-state index contributed by atoms with van der Waals surface area (Å²) in [4.78, 5) is 22.5. The van der Waals surface area contributed by atoms with Crippen LogP contribution in [-0.2, 0) is 0 Å². The van der Waals surface area contributed by atoms with Crippen molar-refractivity contribution >= 4 is 27.5 Å². The predicted octanol–water partition coefficient (Wildman–Crippen LogP) is 4.78. The van der Waals surface area contributed by atoms with Crippen LogP contribution < -0.4 is 9.64 Å². The van der Waals surface area contributed by atoms with Crippen molar-refractivity contribution < 1.29 is 13.5 Å². The molecular formula is C30H28F2N8O. The van der Waals surface area contributed by atoms with Gasteiger partial charge in [-0.25, -0.2) is 18.4 Å². The molecule has 3 saturated heterocycles. The number of rotatable bonds is 6. The van der Waals surface area contributed by atoms with Gasteiger partial charge in [-0.05, 0) is 50.2 Å². The van der Waals surface area contributed by atoms with Crippen molar-refractivity contribution in [1.82, 2.24) is 34.6 Å². The summed E-state index contributed by atoms with van der Waals surface area (Å²) in [5.74, 6) is -0.485. The molecule has 2 aromatic carbocycles. The van der Waals surface area contributed by atoms with Crippen molar-refractivity contribution in [1.29, 1.82) is 0 Å². The number of fused-ring (bicyclic) bond motifs is 3. The van der Waals surface area contributed by atoms with Gasteiger partial charge in [0.25, 0.3) is 0 Å². The first-order valence-corrected chi connectivity index (χ1v) is 14.1. The summed E-state index contributed by atoms with van der Waals surface area (Å²) in [5, 5.41) is 5.74. The number of ether oxygens (including phenoxy) is 1. The van der Waals surface area contributed by atoms with Crippen molar-refractivity contribution in [3.05, 3.63) is 66.9 Å². The molecule has 3 aliphatic heterocycles. The lowest BCUT2D eigenvalue weighted by atomic mass is 9.95. The molecule has 3 fully saturated rings. The van der Waals surface area contributed by atoms with Crippen LogP contribution >= 0.6 is 0 Å². The lowest BCUT2D eigenvalue weighted by molar-refractivity contribution is 0.108. The average Bonchev–Trinajstić information content (AvgIpc) is 3.70. The van der Waals surface area contributed by atoms with E-state index in [1.807, 2.05) is 4.68 Å². The van der Waals surface area contributed by atoms with Crippen molar-refractivity contribution in [3.8, 4) is 17.3 Å². The Kier molecular flexibility index (Phi) is 5.63. The molecule has 0 radical (unpaired) electrons. The Bertz CT molecular complexity index is 1760. The minimum Gasteiger partial charge on any atom is -0.461 e. The van der Waals surface area contributed by atoms with Gasteiger partial charge in [0, 0.05) is 30.2 Å². The van der Waals surface area contributed by atoms with E-state index in [-0.39, 0.29) is 28.8 Å². The number of pyridine rings is 1. The molecule has 0 atom stereocenters. The zero-order valence-corrected chi connectivity index (χ0v) is 22.4. The third-order valence-electron chi connectivity index (χ3n) is 9.01. The molecule has 0 bridgehead atoms. The van der Waals surface area contributed by atoms with Crippen LogP contribution in [-0.4, -0.2) is 72.9 Å². The Morgan fingerprint density at radius 2 is 1.80 bits per heavy atom. The molecule has 8 rings (SSSR count). The zero-order chi connectivity index (χ0) is 27.6. The average molecular weight is 555 g/mol. The van der Waals surface area contributed by atoms with Gasteiger partial charge in [-0.1, -0.05) is 30.3 Å². The van der Waals surface area contributed by atoms with Gasteiger partial charge in [0.1, 0.15) is 42.1 Å². The first kappa shape index (κ1) is 24.5. The second-order valence-electron chi connectivity index (χ2n) is 11.3. The van der Waals surface area contributed by atoms with Crippen molar-refractivity contribution in [3.63, 3.8) is 0 Å². The fraction of sp³-hybridized carbons (Fsp3) is 0.367. The molecule has 0 N–H and O–H groups in total. The number of hydrogen-bond donors (Lipinski definition) is 0. The van der Waals surface area contributed by atoms with E-state index < -0.39 is 11.6 Å². The first-order valence-electron chi connectivity index (χ1n) is 14.1. The second-order valence-corrected chi connectivity index (χ2v) is 11.3. The third-order valence-corrected chi connectivity index (χ3v) is 9.01. The summed E-state index contributed by atoms with van der Waals surface area (Å²) in [7, 11) is 0. The van der Waals surface area contributed by atoms with Crippen LogP contribution in [0.5, 0.6) is 6.01 Å². The van der Waals surface area contributed by atoms with Crippen LogP contribution in [0.2, 0.25) is 0 Å². The van der Waals surface area contributed by atoms with E-state index >= 15 is 4.39 Å². The highest BCUT2D eigenvalue weighted by molar-refractivity contribution is 5.99. The summed E-state index contributed by atoms with van der Waals surface area (Å²) in [6.07, 6.45) is 9.25. The fourth-order valence-corrected chi connectivity index (χ4v) is 6.87. The molecule has 0 unspecified atom stereocenters. The van der Waals surface area contributed by atoms with Gasteiger partial charge in [-0.3, -0.25) is 9.88 Å². The standard InChI is InChI=1S/C30H28F2N8O/c31-23-8-2-6-19-5-1-7-21(24(19)23)26-25(32)27-22(13-34-26)28(38-14-20(15-38)40-18-33-17-35-40)37-29(36-27)41-16-30-9-3-11-39(30)12-4-10-30/h1-2,5-8,13,17-18,20H,3-4,9-12,14-16H2. The van der Waals surface area contributed by atoms with Gasteiger partial charge in [-0.2, -0.15) is 15.1 Å². The van der Waals surface area contributed by atoms with E-state index in [9.17, 15) is 4.39 Å². The van der Waals surface area contributed by atoms with Gasteiger partial charge in [0.2, 0.25) is 0 Å². The van der Waals surface area contributed by atoms with E-state index in [1.54, 1.807) is 42.9 Å². The topological polar surface area (TPSA) is 85.1 Å². The predicted molar refractivity (Wildman–Crippen MR) is 150 cm³/mol. The van der Waals surface area contributed by atoms with Crippen LogP contribution in [0.3, 0.4) is 0 Å². The zero-order valence-electron chi connectivity index (χ0n) is 22.4. The van der Waals surface area contributed by atoms with Gasteiger partial charge >= 0.3 is 6.01 Å². The SMILES string of the molecule is Fc1c(-c2cccc3cccc(F)c23)ncc2c(N3CC(n4cncn4)C3)nc(OCC34CCCN3CCC4)nc12. The van der Waals surface area contributed by atoms with Crippen LogP contribution in [0.4, 0.5) is 14.6 Å². The summed E-state index contributed by atoms with van der Waals surface area (Å²) in [6, 6.07) is 10.4. The molecule has 11 heteroatoms. The second kappa shape index (κ2) is 9.41. The highest BCUT2D eigenvalue weighted by Gasteiger charge is 2.45. The van der Waals surface area contributed by atoms with E-state index in [4.69, 9.17) is 9.72 Å². The fourth-order valence-electron chi connectivity index (χ4n) is 6.87. The number of aromatic nitrogens is 6. The molecular weight excluding hydrogens is 526 g/mol. The highest BCUT2D eigenvalue weighted by Crippen LogP contribution is 2.40. The molecule has 0 aliphatic carbocycles. The minimum absolute atomic E-state index is 0.00411. The molecule has 0 spiro atoms.